The Morgan fingerprint density at radius 1 is 1.50 bits per heavy atom. The van der Waals surface area contributed by atoms with Crippen molar-refractivity contribution in [1.82, 2.24) is 0 Å². The molecule has 1 nitrogen and oxygen atoms in total. The molecule has 2 rings (SSSR count). The number of halogens is 2. The molecule has 72 valence electrons. The summed E-state index contributed by atoms with van der Waals surface area (Å²) in [5.74, 6) is -0.263. The largest absolute Gasteiger partial charge is 0.297 e. The molecule has 0 fully saturated rings. The molecule has 0 aliphatic rings. The first kappa shape index (κ1) is 9.80. The van der Waals surface area contributed by atoms with Crippen molar-refractivity contribution in [2.45, 2.75) is 5.33 Å². The SMILES string of the molecule is O=Cc1sc2cccc(F)c2c1CBr. The van der Waals surface area contributed by atoms with Gasteiger partial charge in [0.1, 0.15) is 5.82 Å². The van der Waals surface area contributed by atoms with E-state index in [2.05, 4.69) is 15.9 Å². The van der Waals surface area contributed by atoms with E-state index in [4.69, 9.17) is 0 Å². The summed E-state index contributed by atoms with van der Waals surface area (Å²) in [5, 5.41) is 1.07. The maximum absolute atomic E-state index is 13.5. The van der Waals surface area contributed by atoms with Crippen molar-refractivity contribution in [1.29, 1.82) is 0 Å². The Kier molecular flexibility index (Phi) is 2.65. The number of fused-ring (bicyclic) bond motifs is 1. The summed E-state index contributed by atoms with van der Waals surface area (Å²) in [6, 6.07) is 4.89. The fraction of sp³-hybridized carbons (Fsp3) is 0.100. The van der Waals surface area contributed by atoms with E-state index in [1.807, 2.05) is 6.07 Å². The van der Waals surface area contributed by atoms with E-state index in [0.29, 0.717) is 15.6 Å². The van der Waals surface area contributed by atoms with Crippen LogP contribution >= 0.6 is 27.3 Å². The highest BCUT2D eigenvalue weighted by molar-refractivity contribution is 9.08. The zero-order chi connectivity index (χ0) is 10.1. The van der Waals surface area contributed by atoms with Crippen LogP contribution in [0.15, 0.2) is 18.2 Å². The molecule has 1 aromatic heterocycles. The van der Waals surface area contributed by atoms with Crippen molar-refractivity contribution >= 4 is 43.6 Å². The van der Waals surface area contributed by atoms with Gasteiger partial charge in [-0.05, 0) is 17.7 Å². The lowest BCUT2D eigenvalue weighted by atomic mass is 10.1. The summed E-state index contributed by atoms with van der Waals surface area (Å²) >= 11 is 4.59. The number of carbonyl (C=O) groups excluding carboxylic acids is 1. The van der Waals surface area contributed by atoms with Gasteiger partial charge in [0.2, 0.25) is 0 Å². The van der Waals surface area contributed by atoms with Crippen LogP contribution in [0.3, 0.4) is 0 Å². The van der Waals surface area contributed by atoms with Crippen LogP contribution in [0.5, 0.6) is 0 Å². The molecule has 0 saturated carbocycles. The highest BCUT2D eigenvalue weighted by atomic mass is 79.9. The van der Waals surface area contributed by atoms with Gasteiger partial charge in [-0.25, -0.2) is 4.39 Å². The third-order valence-electron chi connectivity index (χ3n) is 2.04. The van der Waals surface area contributed by atoms with Crippen LogP contribution in [-0.2, 0) is 5.33 Å². The van der Waals surface area contributed by atoms with Gasteiger partial charge in [0.25, 0.3) is 0 Å². The Morgan fingerprint density at radius 3 is 2.93 bits per heavy atom. The van der Waals surface area contributed by atoms with E-state index >= 15 is 0 Å². The lowest BCUT2D eigenvalue weighted by Crippen LogP contribution is -1.83. The second-order valence-corrected chi connectivity index (χ2v) is 4.45. The third-order valence-corrected chi connectivity index (χ3v) is 3.72. The fourth-order valence-electron chi connectivity index (χ4n) is 1.41. The highest BCUT2D eigenvalue weighted by Gasteiger charge is 2.13. The maximum atomic E-state index is 13.5. The van der Waals surface area contributed by atoms with Gasteiger partial charge in [-0.15, -0.1) is 11.3 Å². The minimum Gasteiger partial charge on any atom is -0.297 e. The number of benzene rings is 1. The molecule has 1 heterocycles. The molecule has 0 N–H and O–H groups in total. The van der Waals surface area contributed by atoms with Gasteiger partial charge in [0.15, 0.2) is 6.29 Å². The van der Waals surface area contributed by atoms with Crippen LogP contribution in [0.2, 0.25) is 0 Å². The summed E-state index contributed by atoms with van der Waals surface area (Å²) in [5.41, 5.74) is 0.748. The van der Waals surface area contributed by atoms with Crippen LogP contribution in [-0.4, -0.2) is 6.29 Å². The minimum atomic E-state index is -0.263. The van der Waals surface area contributed by atoms with Gasteiger partial charge in [-0.2, -0.15) is 0 Å². The summed E-state index contributed by atoms with van der Waals surface area (Å²) in [4.78, 5) is 11.3. The van der Waals surface area contributed by atoms with E-state index in [1.165, 1.54) is 17.4 Å². The number of hydrogen-bond acceptors (Lipinski definition) is 2. The molecule has 0 aliphatic carbocycles. The van der Waals surface area contributed by atoms with Gasteiger partial charge < -0.3 is 0 Å². The molecule has 0 aliphatic heterocycles. The van der Waals surface area contributed by atoms with E-state index in [9.17, 15) is 9.18 Å². The Balaban J connectivity index is 2.88. The normalized spacial score (nSPS) is 10.7. The minimum absolute atomic E-state index is 0.263. The monoisotopic (exact) mass is 272 g/mol. The Bertz CT molecular complexity index is 492. The topological polar surface area (TPSA) is 17.1 Å². The predicted molar refractivity (Wildman–Crippen MR) is 59.8 cm³/mol. The summed E-state index contributed by atoms with van der Waals surface area (Å²) in [7, 11) is 0. The number of aldehydes is 1. The van der Waals surface area contributed by atoms with Crippen molar-refractivity contribution < 1.29 is 9.18 Å². The molecule has 0 atom stereocenters. The van der Waals surface area contributed by atoms with Crippen molar-refractivity contribution in [3.8, 4) is 0 Å². The first-order valence-corrected chi connectivity index (χ1v) is 5.92. The Morgan fingerprint density at radius 2 is 2.29 bits per heavy atom. The molecular formula is C10H6BrFOS. The second kappa shape index (κ2) is 3.79. The fourth-order valence-corrected chi connectivity index (χ4v) is 3.23. The van der Waals surface area contributed by atoms with E-state index in [1.54, 1.807) is 6.07 Å². The van der Waals surface area contributed by atoms with Gasteiger partial charge in [0, 0.05) is 15.4 Å². The van der Waals surface area contributed by atoms with Gasteiger partial charge >= 0.3 is 0 Å². The Hall–Kier alpha value is -0.740. The molecule has 0 bridgehead atoms. The van der Waals surface area contributed by atoms with Crippen molar-refractivity contribution in [3.63, 3.8) is 0 Å². The van der Waals surface area contributed by atoms with Crippen LogP contribution in [0.1, 0.15) is 15.2 Å². The summed E-state index contributed by atoms with van der Waals surface area (Å²) < 4.78 is 14.3. The second-order valence-electron chi connectivity index (χ2n) is 2.81. The lowest BCUT2D eigenvalue weighted by molar-refractivity contribution is 0.112. The van der Waals surface area contributed by atoms with Crippen LogP contribution in [0.4, 0.5) is 4.39 Å². The number of alkyl halides is 1. The molecule has 2 aromatic rings. The molecule has 1 aromatic carbocycles. The van der Waals surface area contributed by atoms with Crippen LogP contribution in [0.25, 0.3) is 10.1 Å². The van der Waals surface area contributed by atoms with E-state index < -0.39 is 0 Å². The number of hydrogen-bond donors (Lipinski definition) is 0. The molecule has 4 heteroatoms. The zero-order valence-corrected chi connectivity index (χ0v) is 9.49. The van der Waals surface area contributed by atoms with E-state index in [0.717, 1.165) is 16.5 Å². The first-order valence-electron chi connectivity index (χ1n) is 3.99. The van der Waals surface area contributed by atoms with Crippen molar-refractivity contribution in [2.75, 3.05) is 0 Å². The van der Waals surface area contributed by atoms with Crippen molar-refractivity contribution in [3.05, 3.63) is 34.5 Å². The number of carbonyl (C=O) groups is 1. The molecule has 14 heavy (non-hydrogen) atoms. The first-order chi connectivity index (χ1) is 6.77. The van der Waals surface area contributed by atoms with Crippen molar-refractivity contribution in [2.24, 2.45) is 0 Å². The quantitative estimate of drug-likeness (QED) is 0.601. The zero-order valence-electron chi connectivity index (χ0n) is 7.09. The van der Waals surface area contributed by atoms with E-state index in [-0.39, 0.29) is 5.82 Å². The molecule has 0 saturated heterocycles. The highest BCUT2D eigenvalue weighted by Crippen LogP contribution is 2.33. The van der Waals surface area contributed by atoms with Crippen LogP contribution in [0, 0.1) is 5.82 Å². The average Bonchev–Trinajstić information content (AvgIpc) is 2.56. The maximum Gasteiger partial charge on any atom is 0.160 e. The molecular weight excluding hydrogens is 267 g/mol. The molecule has 0 spiro atoms. The third kappa shape index (κ3) is 1.38. The number of thiophene rings is 1. The standard InChI is InChI=1S/C10H6BrFOS/c11-4-6-9(5-13)14-8-3-1-2-7(12)10(6)8/h1-3,5H,4H2. The predicted octanol–water partition coefficient (Wildman–Crippen LogP) is 3.75. The van der Waals surface area contributed by atoms with Gasteiger partial charge in [-0.1, -0.05) is 22.0 Å². The van der Waals surface area contributed by atoms with Crippen LogP contribution < -0.4 is 0 Å². The average molecular weight is 273 g/mol. The summed E-state index contributed by atoms with van der Waals surface area (Å²) in [6.45, 7) is 0. The van der Waals surface area contributed by atoms with Gasteiger partial charge in [0.05, 0.1) is 4.88 Å². The summed E-state index contributed by atoms with van der Waals surface area (Å²) in [6.07, 6.45) is 0.778. The molecule has 0 radical (unpaired) electrons. The lowest BCUT2D eigenvalue weighted by Gasteiger charge is -1.95. The number of rotatable bonds is 2. The molecule has 0 unspecified atom stereocenters. The van der Waals surface area contributed by atoms with Gasteiger partial charge in [-0.3, -0.25) is 4.79 Å². The molecule has 0 amide bonds. The Labute approximate surface area is 92.7 Å². The smallest absolute Gasteiger partial charge is 0.160 e.